The minimum atomic E-state index is -0.561. The van der Waals surface area contributed by atoms with Crippen LogP contribution in [0, 0.1) is 0 Å². The zero-order valence-electron chi connectivity index (χ0n) is 11.6. The number of benzene rings is 1. The van der Waals surface area contributed by atoms with Crippen LogP contribution < -0.4 is 10.2 Å². The summed E-state index contributed by atoms with van der Waals surface area (Å²) in [5.74, 6) is 0. The summed E-state index contributed by atoms with van der Waals surface area (Å²) in [6.07, 6.45) is 1.95. The van der Waals surface area contributed by atoms with Gasteiger partial charge in [0.1, 0.15) is 0 Å². The highest BCUT2D eigenvalue weighted by molar-refractivity contribution is 5.55. The summed E-state index contributed by atoms with van der Waals surface area (Å²) in [5, 5.41) is 13.5. The van der Waals surface area contributed by atoms with E-state index in [-0.39, 0.29) is 0 Å². The second kappa shape index (κ2) is 5.29. The van der Waals surface area contributed by atoms with Gasteiger partial charge in [-0.05, 0) is 45.4 Å². The van der Waals surface area contributed by atoms with Gasteiger partial charge in [-0.2, -0.15) is 0 Å². The Balaban J connectivity index is 2.27. The Kier molecular flexibility index (Phi) is 3.93. The number of β-amino-alcohol motifs (C(OH)–C–C–N with tert-alkyl or cyclic N) is 1. The summed E-state index contributed by atoms with van der Waals surface area (Å²) in [7, 11) is 1.98. The molecule has 2 atom stereocenters. The Labute approximate surface area is 110 Å². The Bertz CT molecular complexity index is 403. The summed E-state index contributed by atoms with van der Waals surface area (Å²) in [6, 6.07) is 8.80. The molecule has 1 aliphatic rings. The lowest BCUT2D eigenvalue weighted by atomic mass is 9.93. The van der Waals surface area contributed by atoms with Crippen molar-refractivity contribution in [3.8, 4) is 0 Å². The maximum Gasteiger partial charge on any atom is 0.0794 e. The molecule has 2 unspecified atom stereocenters. The van der Waals surface area contributed by atoms with Crippen LogP contribution in [0.2, 0.25) is 0 Å². The highest BCUT2D eigenvalue weighted by Crippen LogP contribution is 2.31. The number of hydrogen-bond donors (Lipinski definition) is 2. The molecule has 2 rings (SSSR count). The first-order valence-electron chi connectivity index (χ1n) is 6.77. The van der Waals surface area contributed by atoms with Gasteiger partial charge in [0, 0.05) is 24.8 Å². The average Bonchev–Trinajstić information content (AvgIpc) is 2.36. The second-order valence-corrected chi connectivity index (χ2v) is 5.59. The molecule has 1 saturated heterocycles. The van der Waals surface area contributed by atoms with Crippen LogP contribution in [0.5, 0.6) is 0 Å². The Morgan fingerprint density at radius 3 is 2.78 bits per heavy atom. The largest absolute Gasteiger partial charge is 0.388 e. The molecule has 0 saturated carbocycles. The monoisotopic (exact) mass is 248 g/mol. The standard InChI is InChI=1S/C15H24N2O/c1-12(16-3)13-7-4-5-8-14(13)17-10-6-9-15(2,18)11-17/h4-5,7-8,12,16,18H,6,9-11H2,1-3H3. The van der Waals surface area contributed by atoms with Crippen molar-refractivity contribution in [3.63, 3.8) is 0 Å². The molecule has 1 heterocycles. The summed E-state index contributed by atoms with van der Waals surface area (Å²) < 4.78 is 0. The number of para-hydroxylation sites is 1. The van der Waals surface area contributed by atoms with E-state index in [1.165, 1.54) is 11.3 Å². The zero-order chi connectivity index (χ0) is 13.2. The van der Waals surface area contributed by atoms with Crippen molar-refractivity contribution in [3.05, 3.63) is 29.8 Å². The number of rotatable bonds is 3. The van der Waals surface area contributed by atoms with Gasteiger partial charge in [-0.15, -0.1) is 0 Å². The lowest BCUT2D eigenvalue weighted by Crippen LogP contribution is -2.46. The number of hydrogen-bond acceptors (Lipinski definition) is 3. The molecule has 0 amide bonds. The van der Waals surface area contributed by atoms with Gasteiger partial charge < -0.3 is 15.3 Å². The molecule has 1 aromatic carbocycles. The number of piperidine rings is 1. The van der Waals surface area contributed by atoms with Crippen molar-refractivity contribution in [2.24, 2.45) is 0 Å². The molecular weight excluding hydrogens is 224 g/mol. The van der Waals surface area contributed by atoms with Crippen LogP contribution in [0.25, 0.3) is 0 Å². The van der Waals surface area contributed by atoms with Crippen LogP contribution in [-0.2, 0) is 0 Å². The molecule has 2 N–H and O–H groups in total. The molecule has 1 fully saturated rings. The first-order chi connectivity index (χ1) is 8.53. The fraction of sp³-hybridized carbons (Fsp3) is 0.600. The van der Waals surface area contributed by atoms with Gasteiger partial charge in [0.2, 0.25) is 0 Å². The number of nitrogens with one attached hydrogen (secondary N) is 1. The first-order valence-corrected chi connectivity index (χ1v) is 6.77. The van der Waals surface area contributed by atoms with Gasteiger partial charge >= 0.3 is 0 Å². The molecule has 0 radical (unpaired) electrons. The maximum absolute atomic E-state index is 10.2. The molecule has 100 valence electrons. The number of nitrogens with zero attached hydrogens (tertiary/aromatic N) is 1. The van der Waals surface area contributed by atoms with Gasteiger partial charge in [0.25, 0.3) is 0 Å². The SMILES string of the molecule is CNC(C)c1ccccc1N1CCCC(C)(O)C1. The van der Waals surface area contributed by atoms with Crippen molar-refractivity contribution in [2.75, 3.05) is 25.0 Å². The molecule has 18 heavy (non-hydrogen) atoms. The predicted octanol–water partition coefficient (Wildman–Crippen LogP) is 2.32. The van der Waals surface area contributed by atoms with Crippen LogP contribution in [-0.4, -0.2) is 30.8 Å². The normalized spacial score (nSPS) is 26.1. The van der Waals surface area contributed by atoms with E-state index in [2.05, 4.69) is 41.4 Å². The van der Waals surface area contributed by atoms with E-state index < -0.39 is 5.60 Å². The van der Waals surface area contributed by atoms with Gasteiger partial charge in [0.15, 0.2) is 0 Å². The highest BCUT2D eigenvalue weighted by atomic mass is 16.3. The molecule has 0 spiro atoms. The minimum Gasteiger partial charge on any atom is -0.388 e. The fourth-order valence-electron chi connectivity index (χ4n) is 2.72. The predicted molar refractivity (Wildman–Crippen MR) is 76.0 cm³/mol. The maximum atomic E-state index is 10.2. The van der Waals surface area contributed by atoms with E-state index in [1.54, 1.807) is 0 Å². The number of anilines is 1. The molecular formula is C15H24N2O. The van der Waals surface area contributed by atoms with Crippen molar-refractivity contribution in [1.82, 2.24) is 5.32 Å². The third kappa shape index (κ3) is 2.85. The van der Waals surface area contributed by atoms with Crippen molar-refractivity contribution < 1.29 is 5.11 Å². The quantitative estimate of drug-likeness (QED) is 0.861. The highest BCUT2D eigenvalue weighted by Gasteiger charge is 2.29. The first kappa shape index (κ1) is 13.4. The Morgan fingerprint density at radius 2 is 2.11 bits per heavy atom. The van der Waals surface area contributed by atoms with Gasteiger partial charge in [-0.25, -0.2) is 0 Å². The summed E-state index contributed by atoms with van der Waals surface area (Å²) in [4.78, 5) is 2.31. The third-order valence-corrected chi connectivity index (χ3v) is 3.85. The van der Waals surface area contributed by atoms with E-state index in [0.717, 1.165) is 25.9 Å². The molecule has 0 bridgehead atoms. The molecule has 0 aliphatic carbocycles. The Morgan fingerprint density at radius 1 is 1.39 bits per heavy atom. The van der Waals surface area contributed by atoms with E-state index in [9.17, 15) is 5.11 Å². The number of aliphatic hydroxyl groups is 1. The van der Waals surface area contributed by atoms with E-state index in [4.69, 9.17) is 0 Å². The van der Waals surface area contributed by atoms with E-state index in [0.29, 0.717) is 6.04 Å². The molecule has 1 aliphatic heterocycles. The van der Waals surface area contributed by atoms with Gasteiger partial charge in [-0.3, -0.25) is 0 Å². The van der Waals surface area contributed by atoms with Crippen LogP contribution in [0.4, 0.5) is 5.69 Å². The van der Waals surface area contributed by atoms with Gasteiger partial charge in [0.05, 0.1) is 5.60 Å². The summed E-state index contributed by atoms with van der Waals surface area (Å²) in [5.41, 5.74) is 1.99. The molecule has 0 aromatic heterocycles. The van der Waals surface area contributed by atoms with Crippen LogP contribution in [0.15, 0.2) is 24.3 Å². The second-order valence-electron chi connectivity index (χ2n) is 5.59. The topological polar surface area (TPSA) is 35.5 Å². The van der Waals surface area contributed by atoms with Crippen molar-refractivity contribution in [2.45, 2.75) is 38.3 Å². The van der Waals surface area contributed by atoms with Crippen molar-refractivity contribution >= 4 is 5.69 Å². The van der Waals surface area contributed by atoms with Crippen LogP contribution in [0.3, 0.4) is 0 Å². The van der Waals surface area contributed by atoms with E-state index >= 15 is 0 Å². The van der Waals surface area contributed by atoms with Crippen LogP contribution in [0.1, 0.15) is 38.3 Å². The summed E-state index contributed by atoms with van der Waals surface area (Å²) in [6.45, 7) is 5.86. The third-order valence-electron chi connectivity index (χ3n) is 3.85. The summed E-state index contributed by atoms with van der Waals surface area (Å²) >= 11 is 0. The average molecular weight is 248 g/mol. The van der Waals surface area contributed by atoms with Crippen molar-refractivity contribution in [1.29, 1.82) is 0 Å². The lowest BCUT2D eigenvalue weighted by Gasteiger charge is -2.39. The zero-order valence-corrected chi connectivity index (χ0v) is 11.6. The lowest BCUT2D eigenvalue weighted by molar-refractivity contribution is 0.0448. The smallest absolute Gasteiger partial charge is 0.0794 e. The molecule has 3 nitrogen and oxygen atoms in total. The van der Waals surface area contributed by atoms with E-state index in [1.807, 2.05) is 14.0 Å². The van der Waals surface area contributed by atoms with Crippen LogP contribution >= 0.6 is 0 Å². The molecule has 3 heteroatoms. The molecule has 1 aromatic rings. The van der Waals surface area contributed by atoms with Gasteiger partial charge in [-0.1, -0.05) is 18.2 Å². The minimum absolute atomic E-state index is 0.327. The fourth-order valence-corrected chi connectivity index (χ4v) is 2.72. The Hall–Kier alpha value is -1.06.